The molecular weight excluding hydrogens is 434 g/mol. The van der Waals surface area contributed by atoms with Gasteiger partial charge in [0, 0.05) is 18.5 Å². The van der Waals surface area contributed by atoms with Gasteiger partial charge in [-0.05, 0) is 58.8 Å². The van der Waals surface area contributed by atoms with Crippen LogP contribution < -0.4 is 5.11 Å². The van der Waals surface area contributed by atoms with Crippen LogP contribution in [-0.4, -0.2) is 47.0 Å². The minimum Gasteiger partial charge on any atom is -0.548 e. The summed E-state index contributed by atoms with van der Waals surface area (Å²) in [4.78, 5) is 35.6. The number of nitrogens with zero attached hydrogens (tertiary/aromatic N) is 1. The van der Waals surface area contributed by atoms with Gasteiger partial charge in [-0.15, -0.1) is 0 Å². The summed E-state index contributed by atoms with van der Waals surface area (Å²) < 4.78 is 5.17. The minimum atomic E-state index is -1.24. The maximum Gasteiger partial charge on any atom is 0.338 e. The Morgan fingerprint density at radius 3 is 2.71 bits per heavy atom. The summed E-state index contributed by atoms with van der Waals surface area (Å²) in [6, 6.07) is 0. The standard InChI is InChI=1S/C27H37NO6/c1-18(10-6-12-20(3)16-23-25(31)21(4)27(33)34-23)8-5-9-19(2)11-7-13-22-14-15-28(26(22)32)17-24(29)30/h5,8-9,12,14,18,23,31H,6-7,10-11,13,15-17H2,1-4H3,(H,29,30)/p-1/b8-5+,19-9+,20-12-/t18-,23-/m1/s1. The van der Waals surface area contributed by atoms with Crippen LogP contribution in [0.2, 0.25) is 0 Å². The van der Waals surface area contributed by atoms with Crippen molar-refractivity contribution < 1.29 is 29.3 Å². The number of cyclic esters (lactones) is 1. The molecule has 7 heteroatoms. The number of rotatable bonds is 13. The molecule has 0 aromatic heterocycles. The molecule has 0 bridgehead atoms. The Kier molecular flexibility index (Phi) is 10.4. The number of esters is 1. The third-order valence-electron chi connectivity index (χ3n) is 6.14. The zero-order chi connectivity index (χ0) is 25.3. The van der Waals surface area contributed by atoms with Crippen LogP contribution in [0.5, 0.6) is 0 Å². The van der Waals surface area contributed by atoms with Crippen molar-refractivity contribution in [1.29, 1.82) is 0 Å². The van der Waals surface area contributed by atoms with E-state index in [0.717, 1.165) is 31.3 Å². The highest BCUT2D eigenvalue weighted by Crippen LogP contribution is 2.25. The van der Waals surface area contributed by atoms with Crippen molar-refractivity contribution in [3.63, 3.8) is 0 Å². The molecule has 2 rings (SSSR count). The van der Waals surface area contributed by atoms with Crippen molar-refractivity contribution in [3.8, 4) is 0 Å². The van der Waals surface area contributed by atoms with Crippen LogP contribution >= 0.6 is 0 Å². The van der Waals surface area contributed by atoms with E-state index in [9.17, 15) is 24.6 Å². The Morgan fingerprint density at radius 1 is 1.32 bits per heavy atom. The van der Waals surface area contributed by atoms with Gasteiger partial charge >= 0.3 is 5.97 Å². The molecule has 0 radical (unpaired) electrons. The van der Waals surface area contributed by atoms with Crippen molar-refractivity contribution in [2.24, 2.45) is 5.92 Å². The van der Waals surface area contributed by atoms with Crippen LogP contribution in [0.1, 0.15) is 66.2 Å². The summed E-state index contributed by atoms with van der Waals surface area (Å²) in [6.45, 7) is 7.78. The lowest BCUT2D eigenvalue weighted by molar-refractivity contribution is -0.305. The van der Waals surface area contributed by atoms with Crippen molar-refractivity contribution in [1.82, 2.24) is 4.90 Å². The SMILES string of the molecule is CC1=C(O)[C@@H](C/C(C)=C\CC[C@H](C)/C=C/C=C(\C)CCCC2=CCN(CC(=O)[O-])C2=O)OC1=O. The fourth-order valence-corrected chi connectivity index (χ4v) is 3.97. The number of carbonyl (C=O) groups is 3. The first-order valence-corrected chi connectivity index (χ1v) is 11.9. The number of allylic oxidation sites excluding steroid dienone is 5. The number of carboxylic acid groups (broad SMARTS) is 1. The third kappa shape index (κ3) is 8.36. The number of hydrogen-bond donors (Lipinski definition) is 1. The summed E-state index contributed by atoms with van der Waals surface area (Å²) in [5.74, 6) is -1.43. The van der Waals surface area contributed by atoms with E-state index >= 15 is 0 Å². The Labute approximate surface area is 202 Å². The predicted molar refractivity (Wildman–Crippen MR) is 128 cm³/mol. The van der Waals surface area contributed by atoms with Gasteiger partial charge in [0.2, 0.25) is 5.91 Å². The average molecular weight is 471 g/mol. The second kappa shape index (κ2) is 13.0. The van der Waals surface area contributed by atoms with E-state index in [1.165, 1.54) is 10.5 Å². The van der Waals surface area contributed by atoms with E-state index in [-0.39, 0.29) is 18.2 Å². The fourth-order valence-electron chi connectivity index (χ4n) is 3.97. The van der Waals surface area contributed by atoms with Crippen LogP contribution in [-0.2, 0) is 19.1 Å². The molecule has 2 aliphatic heterocycles. The summed E-state index contributed by atoms with van der Waals surface area (Å²) in [7, 11) is 0. The molecule has 0 aromatic rings. The van der Waals surface area contributed by atoms with Crippen LogP contribution in [0.3, 0.4) is 0 Å². The number of carbonyl (C=O) groups excluding carboxylic acids is 3. The molecule has 0 fully saturated rings. The van der Waals surface area contributed by atoms with Gasteiger partial charge in [-0.2, -0.15) is 0 Å². The highest BCUT2D eigenvalue weighted by molar-refractivity contribution is 5.97. The van der Waals surface area contributed by atoms with E-state index in [2.05, 4.69) is 38.2 Å². The maximum atomic E-state index is 12.1. The van der Waals surface area contributed by atoms with Crippen molar-refractivity contribution in [2.45, 2.75) is 72.3 Å². The van der Waals surface area contributed by atoms with E-state index in [1.54, 1.807) is 6.92 Å². The number of aliphatic carboxylic acids is 1. The van der Waals surface area contributed by atoms with E-state index < -0.39 is 18.0 Å². The highest BCUT2D eigenvalue weighted by Gasteiger charge is 2.31. The lowest BCUT2D eigenvalue weighted by Crippen LogP contribution is -2.39. The molecule has 7 nitrogen and oxygen atoms in total. The number of aliphatic hydroxyl groups is 1. The molecule has 34 heavy (non-hydrogen) atoms. The smallest absolute Gasteiger partial charge is 0.338 e. The van der Waals surface area contributed by atoms with Gasteiger partial charge in [0.1, 0.15) is 5.76 Å². The zero-order valence-corrected chi connectivity index (χ0v) is 20.6. The van der Waals surface area contributed by atoms with Crippen molar-refractivity contribution >= 4 is 17.8 Å². The first-order chi connectivity index (χ1) is 16.1. The number of carboxylic acids is 1. The van der Waals surface area contributed by atoms with Crippen LogP contribution in [0.15, 0.2) is 58.4 Å². The van der Waals surface area contributed by atoms with Gasteiger partial charge in [-0.1, -0.05) is 48.5 Å². The van der Waals surface area contributed by atoms with Crippen molar-refractivity contribution in [2.75, 3.05) is 13.1 Å². The van der Waals surface area contributed by atoms with E-state index in [4.69, 9.17) is 4.74 Å². The fraction of sp³-hybridized carbons (Fsp3) is 0.519. The van der Waals surface area contributed by atoms with Gasteiger partial charge < -0.3 is 24.6 Å². The lowest BCUT2D eigenvalue weighted by atomic mass is 10.0. The molecule has 2 heterocycles. The van der Waals surface area contributed by atoms with Crippen molar-refractivity contribution in [3.05, 3.63) is 58.4 Å². The van der Waals surface area contributed by atoms with Gasteiger partial charge in [-0.3, -0.25) is 4.79 Å². The van der Waals surface area contributed by atoms with E-state index in [1.807, 2.05) is 13.0 Å². The minimum absolute atomic E-state index is 0.0421. The van der Waals surface area contributed by atoms with Gasteiger partial charge in [0.05, 0.1) is 18.1 Å². The molecule has 0 saturated heterocycles. The summed E-state index contributed by atoms with van der Waals surface area (Å²) in [5.41, 5.74) is 3.30. The van der Waals surface area contributed by atoms with Gasteiger partial charge in [0.15, 0.2) is 6.10 Å². The molecule has 0 unspecified atom stereocenters. The number of amides is 1. The third-order valence-corrected chi connectivity index (χ3v) is 6.14. The Bertz CT molecular complexity index is 937. The predicted octanol–water partition coefficient (Wildman–Crippen LogP) is 3.69. The van der Waals surface area contributed by atoms with Gasteiger partial charge in [-0.25, -0.2) is 4.79 Å². The highest BCUT2D eigenvalue weighted by atomic mass is 16.6. The molecule has 186 valence electrons. The Morgan fingerprint density at radius 2 is 2.06 bits per heavy atom. The zero-order valence-electron chi connectivity index (χ0n) is 20.6. The average Bonchev–Trinajstić information content (AvgIpc) is 3.21. The normalized spacial score (nSPS) is 20.4. The maximum absolute atomic E-state index is 12.1. The molecule has 1 amide bonds. The quantitative estimate of drug-likeness (QED) is 0.250. The largest absolute Gasteiger partial charge is 0.548 e. The molecule has 0 saturated carbocycles. The molecule has 0 spiro atoms. The Hall–Kier alpha value is -3.09. The molecule has 0 aromatic carbocycles. The summed E-state index contributed by atoms with van der Waals surface area (Å²) in [5, 5.41) is 20.6. The number of aliphatic hydroxyl groups excluding tert-OH is 1. The second-order valence-electron chi connectivity index (χ2n) is 9.25. The van der Waals surface area contributed by atoms with Gasteiger partial charge in [0.25, 0.3) is 0 Å². The van der Waals surface area contributed by atoms with E-state index in [0.29, 0.717) is 36.5 Å². The Balaban J connectivity index is 1.66. The monoisotopic (exact) mass is 470 g/mol. The number of ether oxygens (including phenoxy) is 1. The molecule has 0 aliphatic carbocycles. The lowest BCUT2D eigenvalue weighted by Gasteiger charge is -2.16. The summed E-state index contributed by atoms with van der Waals surface area (Å²) >= 11 is 0. The first-order valence-electron chi connectivity index (χ1n) is 11.9. The molecular formula is C27H36NO6-. The summed E-state index contributed by atoms with van der Waals surface area (Å²) in [6.07, 6.45) is 14.5. The first kappa shape index (κ1) is 27.2. The molecule has 2 atom stereocenters. The molecule has 1 N–H and O–H groups in total. The van der Waals surface area contributed by atoms with Crippen LogP contribution in [0, 0.1) is 5.92 Å². The topological polar surface area (TPSA) is 107 Å². The number of hydrogen-bond acceptors (Lipinski definition) is 6. The molecule has 2 aliphatic rings. The second-order valence-corrected chi connectivity index (χ2v) is 9.25. The van der Waals surface area contributed by atoms with Crippen LogP contribution in [0.25, 0.3) is 0 Å². The van der Waals surface area contributed by atoms with Crippen LogP contribution in [0.4, 0.5) is 0 Å².